The number of hydrogen-bond acceptors (Lipinski definition) is 15. The summed E-state index contributed by atoms with van der Waals surface area (Å²) in [6, 6.07) is 0. The fraction of sp³-hybridized carbons (Fsp3) is 0.952. The van der Waals surface area contributed by atoms with Crippen molar-refractivity contribution in [3.05, 3.63) is 0 Å². The largest absolute Gasteiger partial charge is 0.472 e. The quantitative estimate of drug-likeness (QED) is 0.0222. The van der Waals surface area contributed by atoms with Gasteiger partial charge in [-0.25, -0.2) is 9.13 Å². The lowest BCUT2D eigenvalue weighted by molar-refractivity contribution is -0.161. The van der Waals surface area contributed by atoms with Crippen LogP contribution >= 0.6 is 15.6 Å². The Morgan fingerprint density at radius 1 is 0.272 bits per heavy atom. The lowest BCUT2D eigenvalue weighted by atomic mass is 9.99. The molecule has 0 aromatic carbocycles. The van der Waals surface area contributed by atoms with Gasteiger partial charge in [0.15, 0.2) is 12.2 Å². The number of unbranched alkanes of at least 4 members (excludes halogenated alkanes) is 55. The summed E-state index contributed by atoms with van der Waals surface area (Å²) in [6.07, 6.45) is 69.2. The molecule has 0 aromatic heterocycles. The normalized spacial score (nSPS) is 14.1. The minimum absolute atomic E-state index is 0.108. The highest BCUT2D eigenvalue weighted by atomic mass is 31.2. The fourth-order valence-corrected chi connectivity index (χ4v) is 14.7. The van der Waals surface area contributed by atoms with Gasteiger partial charge in [0.1, 0.15) is 19.3 Å². The van der Waals surface area contributed by atoms with E-state index in [0.717, 1.165) is 95.8 Å². The van der Waals surface area contributed by atoms with Crippen LogP contribution in [-0.4, -0.2) is 96.7 Å². The summed E-state index contributed by atoms with van der Waals surface area (Å²) in [6.45, 7) is 7.42. The standard InChI is InChI=1S/C84H164O17P2/c1-6-10-13-16-19-22-25-28-29-35-39-43-48-53-58-63-68-82(87)95-74-80(101-84(89)70-65-60-55-50-45-40-36-33-31-30-32-34-38-41-46-51-56-61-66-77(5)9-4)76-99-103(92,93)97-72-78(85)71-96-102(90,91)98-75-79(73-94-81(86)67-62-57-52-47-42-27-24-21-18-15-12-8-3)100-83(88)69-64-59-54-49-44-37-26-23-20-17-14-11-7-2/h77-80,85H,6-76H2,1-5H3,(H,90,91)(H,92,93)/t77?,78-,79+,80+/m0/s1. The molecular formula is C84H164O17P2. The van der Waals surface area contributed by atoms with Gasteiger partial charge in [-0.05, 0) is 31.6 Å². The van der Waals surface area contributed by atoms with Gasteiger partial charge >= 0.3 is 39.5 Å². The first-order valence-corrected chi connectivity index (χ1v) is 46.7. The molecule has 0 radical (unpaired) electrons. The van der Waals surface area contributed by atoms with Crippen molar-refractivity contribution in [2.24, 2.45) is 5.92 Å². The predicted molar refractivity (Wildman–Crippen MR) is 423 cm³/mol. The van der Waals surface area contributed by atoms with Crippen LogP contribution in [-0.2, 0) is 65.4 Å². The lowest BCUT2D eigenvalue weighted by Gasteiger charge is -2.21. The second-order valence-corrected chi connectivity index (χ2v) is 33.4. The molecule has 6 atom stereocenters. The van der Waals surface area contributed by atoms with Crippen LogP contribution in [0.25, 0.3) is 0 Å². The first kappa shape index (κ1) is 101. The molecule has 103 heavy (non-hydrogen) atoms. The summed E-state index contributed by atoms with van der Waals surface area (Å²) in [5.41, 5.74) is 0. The van der Waals surface area contributed by atoms with E-state index in [0.29, 0.717) is 25.7 Å². The van der Waals surface area contributed by atoms with Crippen molar-refractivity contribution in [1.82, 2.24) is 0 Å². The molecule has 17 nitrogen and oxygen atoms in total. The number of aliphatic hydroxyl groups is 1. The number of phosphoric ester groups is 2. The van der Waals surface area contributed by atoms with E-state index in [9.17, 15) is 43.2 Å². The second kappa shape index (κ2) is 76.8. The summed E-state index contributed by atoms with van der Waals surface area (Å²) in [4.78, 5) is 73.1. The zero-order chi connectivity index (χ0) is 75.5. The highest BCUT2D eigenvalue weighted by molar-refractivity contribution is 7.47. The third-order valence-electron chi connectivity index (χ3n) is 20.1. The molecular weight excluding hydrogens is 1340 g/mol. The maximum atomic E-state index is 13.1. The van der Waals surface area contributed by atoms with Crippen LogP contribution in [0.4, 0.5) is 0 Å². The topological polar surface area (TPSA) is 237 Å². The van der Waals surface area contributed by atoms with Gasteiger partial charge in [-0.1, -0.05) is 401 Å². The highest BCUT2D eigenvalue weighted by Crippen LogP contribution is 2.45. The van der Waals surface area contributed by atoms with Gasteiger partial charge in [0, 0.05) is 25.7 Å². The maximum Gasteiger partial charge on any atom is 0.472 e. The van der Waals surface area contributed by atoms with E-state index in [1.165, 1.54) is 276 Å². The third-order valence-corrected chi connectivity index (χ3v) is 22.0. The third kappa shape index (κ3) is 76.6. The van der Waals surface area contributed by atoms with Crippen LogP contribution in [0.2, 0.25) is 0 Å². The first-order valence-electron chi connectivity index (χ1n) is 43.7. The van der Waals surface area contributed by atoms with Crippen LogP contribution in [0.15, 0.2) is 0 Å². The van der Waals surface area contributed by atoms with Gasteiger partial charge in [0.05, 0.1) is 26.4 Å². The van der Waals surface area contributed by atoms with Gasteiger partial charge in [0.2, 0.25) is 0 Å². The van der Waals surface area contributed by atoms with Crippen molar-refractivity contribution >= 4 is 39.5 Å². The number of aliphatic hydroxyl groups excluding tert-OH is 1. The number of hydrogen-bond donors (Lipinski definition) is 3. The highest BCUT2D eigenvalue weighted by Gasteiger charge is 2.30. The van der Waals surface area contributed by atoms with Gasteiger partial charge in [0.25, 0.3) is 0 Å². The Hall–Kier alpha value is -1.94. The zero-order valence-electron chi connectivity index (χ0n) is 67.5. The SMILES string of the molecule is CCCCCCCCCCCCCCCCCCC(=O)OC[C@H](COP(=O)(O)OC[C@@H](O)COP(=O)(O)OC[C@@H](COC(=O)CCCCCCCCCCCCCC)OC(=O)CCCCCCCCCCCCCCC)OC(=O)CCCCCCCCCCCCCCCCCCCCC(C)CC. The summed E-state index contributed by atoms with van der Waals surface area (Å²) < 4.78 is 68.8. The molecule has 0 aliphatic carbocycles. The van der Waals surface area contributed by atoms with E-state index in [1.54, 1.807) is 0 Å². The number of phosphoric acid groups is 2. The number of carbonyl (C=O) groups is 4. The first-order chi connectivity index (χ1) is 50.1. The Morgan fingerprint density at radius 3 is 0.689 bits per heavy atom. The summed E-state index contributed by atoms with van der Waals surface area (Å²) in [7, 11) is -9.92. The van der Waals surface area contributed by atoms with E-state index in [1.807, 2.05) is 0 Å². The van der Waals surface area contributed by atoms with Crippen LogP contribution in [0.3, 0.4) is 0 Å². The van der Waals surface area contributed by atoms with E-state index in [-0.39, 0.29) is 25.7 Å². The molecule has 0 saturated heterocycles. The number of ether oxygens (including phenoxy) is 4. The van der Waals surface area contributed by atoms with Crippen LogP contribution in [0.5, 0.6) is 0 Å². The smallest absolute Gasteiger partial charge is 0.462 e. The molecule has 19 heteroatoms. The lowest BCUT2D eigenvalue weighted by Crippen LogP contribution is -2.30. The minimum Gasteiger partial charge on any atom is -0.462 e. The van der Waals surface area contributed by atoms with Crippen LogP contribution in [0.1, 0.15) is 452 Å². The van der Waals surface area contributed by atoms with Gasteiger partial charge < -0.3 is 33.8 Å². The predicted octanol–water partition coefficient (Wildman–Crippen LogP) is 25.6. The number of carbonyl (C=O) groups excluding carboxylic acids is 4. The van der Waals surface area contributed by atoms with Gasteiger partial charge in [-0.15, -0.1) is 0 Å². The molecule has 0 rings (SSSR count). The molecule has 3 unspecified atom stereocenters. The molecule has 0 amide bonds. The molecule has 3 N–H and O–H groups in total. The van der Waals surface area contributed by atoms with Gasteiger partial charge in [-0.2, -0.15) is 0 Å². The number of esters is 4. The Labute approximate surface area is 632 Å². The molecule has 0 heterocycles. The summed E-state index contributed by atoms with van der Waals surface area (Å²) in [5, 5.41) is 10.7. The van der Waals surface area contributed by atoms with Crippen molar-refractivity contribution < 1.29 is 80.2 Å². The van der Waals surface area contributed by atoms with Crippen molar-refractivity contribution in [3.8, 4) is 0 Å². The average molecular weight is 1510 g/mol. The summed E-state index contributed by atoms with van der Waals surface area (Å²) >= 11 is 0. The second-order valence-electron chi connectivity index (χ2n) is 30.5. The molecule has 612 valence electrons. The summed E-state index contributed by atoms with van der Waals surface area (Å²) in [5.74, 6) is -1.23. The maximum absolute atomic E-state index is 13.1. The Kier molecular flexibility index (Phi) is 75.4. The minimum atomic E-state index is -4.96. The van der Waals surface area contributed by atoms with Crippen LogP contribution < -0.4 is 0 Å². The van der Waals surface area contributed by atoms with E-state index in [4.69, 9.17) is 37.0 Å². The molecule has 0 bridgehead atoms. The monoisotopic (exact) mass is 1510 g/mol. The molecule has 0 aliphatic heterocycles. The van der Waals surface area contributed by atoms with E-state index in [2.05, 4.69) is 34.6 Å². The van der Waals surface area contributed by atoms with Crippen molar-refractivity contribution in [2.75, 3.05) is 39.6 Å². The Bertz CT molecular complexity index is 1960. The van der Waals surface area contributed by atoms with Crippen LogP contribution in [0, 0.1) is 5.92 Å². The zero-order valence-corrected chi connectivity index (χ0v) is 69.3. The Morgan fingerprint density at radius 2 is 0.466 bits per heavy atom. The molecule has 0 fully saturated rings. The van der Waals surface area contributed by atoms with E-state index >= 15 is 0 Å². The fourth-order valence-electron chi connectivity index (χ4n) is 13.1. The van der Waals surface area contributed by atoms with E-state index < -0.39 is 97.5 Å². The molecule has 0 saturated carbocycles. The molecule has 0 aromatic rings. The molecule has 0 spiro atoms. The van der Waals surface area contributed by atoms with Crippen molar-refractivity contribution in [2.45, 2.75) is 470 Å². The van der Waals surface area contributed by atoms with Gasteiger partial charge in [-0.3, -0.25) is 37.3 Å². The number of rotatable bonds is 84. The van der Waals surface area contributed by atoms with Crippen molar-refractivity contribution in [1.29, 1.82) is 0 Å². The van der Waals surface area contributed by atoms with Crippen molar-refractivity contribution in [3.63, 3.8) is 0 Å². The molecule has 0 aliphatic rings. The average Bonchev–Trinajstić information content (AvgIpc) is 0.912. The Balaban J connectivity index is 5.23.